The number of sulfonamides is 1. The quantitative estimate of drug-likeness (QED) is 0.139. The van der Waals surface area contributed by atoms with E-state index in [1.165, 1.54) is 22.3 Å². The lowest BCUT2D eigenvalue weighted by Gasteiger charge is -2.39. The van der Waals surface area contributed by atoms with Crippen molar-refractivity contribution >= 4 is 39.6 Å². The van der Waals surface area contributed by atoms with E-state index in [-0.39, 0.29) is 37.9 Å². The van der Waals surface area contributed by atoms with Crippen molar-refractivity contribution in [1.29, 1.82) is 0 Å². The third-order valence-corrected chi connectivity index (χ3v) is 11.8. The molecule has 1 saturated heterocycles. The van der Waals surface area contributed by atoms with Gasteiger partial charge in [0.15, 0.2) is 0 Å². The molecule has 0 aromatic heterocycles. The monoisotopic (exact) mass is 726 g/mol. The van der Waals surface area contributed by atoms with E-state index in [0.29, 0.717) is 12.8 Å². The lowest BCUT2D eigenvalue weighted by atomic mass is 9.84. The second-order valence-corrected chi connectivity index (χ2v) is 19.8. The van der Waals surface area contributed by atoms with E-state index in [1.807, 2.05) is 62.3 Å². The largest absolute Gasteiger partial charge is 0.346 e. The highest BCUT2D eigenvalue weighted by molar-refractivity contribution is 7.90. The number of nitrogens with one attached hydrogen (secondary N) is 4. The summed E-state index contributed by atoms with van der Waals surface area (Å²) in [5.41, 5.74) is -1.32. The fourth-order valence-corrected chi connectivity index (χ4v) is 7.23. The van der Waals surface area contributed by atoms with Gasteiger partial charge in [-0.15, -0.1) is 6.58 Å². The third kappa shape index (κ3) is 12.1. The Morgan fingerprint density at radius 2 is 1.52 bits per heavy atom. The van der Waals surface area contributed by atoms with Crippen LogP contribution in [0.1, 0.15) is 109 Å². The first-order chi connectivity index (χ1) is 22.7. The van der Waals surface area contributed by atoms with Crippen LogP contribution < -0.4 is 21.3 Å². The van der Waals surface area contributed by atoms with E-state index in [1.54, 1.807) is 20.8 Å². The summed E-state index contributed by atoms with van der Waals surface area (Å²) in [6.45, 7) is 25.8. The van der Waals surface area contributed by atoms with Gasteiger partial charge in [-0.25, -0.2) is 17.5 Å². The van der Waals surface area contributed by atoms with E-state index in [2.05, 4.69) is 27.8 Å². The van der Waals surface area contributed by atoms with Gasteiger partial charge < -0.3 is 26.2 Å². The number of likely N-dealkylation sites (tertiary alicyclic amines) is 1. The topological polar surface area (TPSA) is 174 Å². The van der Waals surface area contributed by atoms with Crippen LogP contribution in [0.25, 0.3) is 0 Å². The number of ketones is 1. The molecule has 5 amide bonds. The number of urea groups is 1. The van der Waals surface area contributed by atoms with Gasteiger partial charge in [-0.1, -0.05) is 81.2 Å². The lowest BCUT2D eigenvalue weighted by molar-refractivity contribution is -0.144. The first-order valence-corrected chi connectivity index (χ1v) is 19.2. The Bertz CT molecular complexity index is 1330. The number of likely N-dealkylation sites (N-methyl/N-ethyl adjacent to an activating group) is 1. The van der Waals surface area contributed by atoms with E-state index in [0.717, 1.165) is 6.42 Å². The van der Waals surface area contributed by atoms with Crippen LogP contribution in [-0.4, -0.2) is 103 Å². The molecular weight excluding hydrogens is 660 g/mol. The summed E-state index contributed by atoms with van der Waals surface area (Å²) >= 11 is 0. The number of carbonyl (C=O) groups is 5. The maximum absolute atomic E-state index is 14.4. The first kappa shape index (κ1) is 45.0. The van der Waals surface area contributed by atoms with Gasteiger partial charge in [0.25, 0.3) is 5.91 Å². The van der Waals surface area contributed by atoms with Crippen molar-refractivity contribution in [1.82, 2.24) is 30.5 Å². The molecular formula is C36H66N6O7S. The number of rotatable bonds is 16. The smallest absolute Gasteiger partial charge is 0.315 e. The molecule has 14 heteroatoms. The van der Waals surface area contributed by atoms with Crippen molar-refractivity contribution < 1.29 is 32.4 Å². The van der Waals surface area contributed by atoms with Gasteiger partial charge in [0.05, 0.1) is 10.8 Å². The highest BCUT2D eigenvalue weighted by atomic mass is 32.2. The normalized spacial score (nSPS) is 19.1. The highest BCUT2D eigenvalue weighted by Crippen LogP contribution is 2.34. The Balaban J connectivity index is 3.39. The number of nitrogens with zero attached hydrogens (tertiary/aromatic N) is 2. The number of amides is 5. The molecule has 1 aliphatic rings. The molecule has 1 aliphatic heterocycles. The number of Topliss-reactive ketones (excluding diaryl/α,β-unsaturated/α-hetero) is 1. The van der Waals surface area contributed by atoms with Gasteiger partial charge in [0.2, 0.25) is 27.6 Å². The average Bonchev–Trinajstić information content (AvgIpc) is 3.44. The molecule has 0 aromatic carbocycles. The summed E-state index contributed by atoms with van der Waals surface area (Å²) in [5.74, 6) is -2.75. The zero-order valence-electron chi connectivity index (χ0n) is 32.9. The predicted octanol–water partition coefficient (Wildman–Crippen LogP) is 3.59. The van der Waals surface area contributed by atoms with Gasteiger partial charge in [0.1, 0.15) is 12.1 Å². The second kappa shape index (κ2) is 18.0. The van der Waals surface area contributed by atoms with Crippen LogP contribution in [0, 0.1) is 22.7 Å². The fourth-order valence-electron chi connectivity index (χ4n) is 5.95. The second-order valence-electron chi connectivity index (χ2n) is 17.0. The molecule has 288 valence electrons. The average molecular weight is 727 g/mol. The van der Waals surface area contributed by atoms with E-state index < -0.39 is 79.3 Å². The Morgan fingerprint density at radius 1 is 0.940 bits per heavy atom. The molecule has 1 rings (SSSR count). The van der Waals surface area contributed by atoms with E-state index in [4.69, 9.17) is 0 Å². The van der Waals surface area contributed by atoms with Crippen LogP contribution in [0.2, 0.25) is 0 Å². The minimum absolute atomic E-state index is 0.0125. The van der Waals surface area contributed by atoms with Crippen molar-refractivity contribution in [2.45, 2.75) is 138 Å². The maximum Gasteiger partial charge on any atom is 0.315 e. The van der Waals surface area contributed by atoms with Crippen molar-refractivity contribution in [3.05, 3.63) is 12.7 Å². The summed E-state index contributed by atoms with van der Waals surface area (Å²) < 4.78 is 26.4. The van der Waals surface area contributed by atoms with E-state index in [9.17, 15) is 32.4 Å². The van der Waals surface area contributed by atoms with E-state index >= 15 is 0 Å². The summed E-state index contributed by atoms with van der Waals surface area (Å²) in [7, 11) is -2.19. The molecule has 1 unspecified atom stereocenters. The van der Waals surface area contributed by atoms with Gasteiger partial charge in [-0.3, -0.25) is 19.2 Å². The predicted molar refractivity (Wildman–Crippen MR) is 198 cm³/mol. The molecule has 0 bridgehead atoms. The highest BCUT2D eigenvalue weighted by Gasteiger charge is 2.48. The molecule has 4 N–H and O–H groups in total. The molecule has 0 radical (unpaired) electrons. The van der Waals surface area contributed by atoms with Crippen molar-refractivity contribution in [2.24, 2.45) is 22.7 Å². The third-order valence-electron chi connectivity index (χ3n) is 9.33. The van der Waals surface area contributed by atoms with Crippen LogP contribution in [0.15, 0.2) is 12.7 Å². The Kier molecular flexibility index (Phi) is 16.2. The minimum atomic E-state index is -3.68. The van der Waals surface area contributed by atoms with Crippen LogP contribution in [-0.2, 0) is 29.2 Å². The number of hydrogen-bond donors (Lipinski definition) is 4. The molecule has 13 nitrogen and oxygen atoms in total. The fraction of sp³-hybridized carbons (Fsp3) is 0.806. The molecule has 50 heavy (non-hydrogen) atoms. The lowest BCUT2D eigenvalue weighted by Crippen LogP contribution is -2.62. The Hall–Kier alpha value is -3.00. The Labute approximate surface area is 301 Å². The van der Waals surface area contributed by atoms with Crippen molar-refractivity contribution in [2.75, 3.05) is 26.7 Å². The SMILES string of the molecule is C=CCNC(=O)C(=O)C(CCCC)NC(=O)[C@@H]1[C@@H](C(C)C)CCN1C(=O)[C@@H](NC(=O)N[C@H](CN(C)S(=O)(=O)C(C)(C)C)C(C)(C)C)C(C)(C)C. The van der Waals surface area contributed by atoms with Gasteiger partial charge >= 0.3 is 6.03 Å². The molecule has 0 spiro atoms. The summed E-state index contributed by atoms with van der Waals surface area (Å²) in [4.78, 5) is 69.2. The Morgan fingerprint density at radius 3 is 1.98 bits per heavy atom. The van der Waals surface area contributed by atoms with Gasteiger partial charge in [-0.2, -0.15) is 0 Å². The van der Waals surface area contributed by atoms with Crippen LogP contribution >= 0.6 is 0 Å². The summed E-state index contributed by atoms with van der Waals surface area (Å²) in [6.07, 6.45) is 3.61. The molecule has 1 fully saturated rings. The van der Waals surface area contributed by atoms with Gasteiger partial charge in [-0.05, 0) is 56.3 Å². The zero-order chi connectivity index (χ0) is 39.0. The van der Waals surface area contributed by atoms with Crippen LogP contribution in [0.5, 0.6) is 0 Å². The number of hydrogen-bond acceptors (Lipinski definition) is 7. The molecule has 5 atom stereocenters. The number of carbonyl (C=O) groups excluding carboxylic acids is 5. The number of unbranched alkanes of at least 4 members (excludes halogenated alkanes) is 1. The molecule has 0 aromatic rings. The van der Waals surface area contributed by atoms with Crippen molar-refractivity contribution in [3.63, 3.8) is 0 Å². The molecule has 0 aliphatic carbocycles. The van der Waals surface area contributed by atoms with Crippen LogP contribution in [0.3, 0.4) is 0 Å². The van der Waals surface area contributed by atoms with Crippen LogP contribution in [0.4, 0.5) is 4.79 Å². The maximum atomic E-state index is 14.4. The minimum Gasteiger partial charge on any atom is -0.346 e. The molecule has 1 heterocycles. The first-order valence-electron chi connectivity index (χ1n) is 17.8. The summed E-state index contributed by atoms with van der Waals surface area (Å²) in [6, 6.07) is -4.30. The van der Waals surface area contributed by atoms with Gasteiger partial charge in [0, 0.05) is 32.7 Å². The standard InChI is InChI=1S/C36H66N6O7S/c1-15-17-18-25(28(43)31(45)37-20-16-2)38-30(44)27-24(23(3)4)19-21-42(27)32(46)29(35(8,9)10)40-33(47)39-26(34(5,6)7)22-41(14)50(48,49)36(11,12)13/h16,23-27,29H,2,15,17-22H2,1,3-14H3,(H,37,45)(H,38,44)(H2,39,40,47)/t24-,25?,26-,27+,29-/m1/s1. The summed E-state index contributed by atoms with van der Waals surface area (Å²) in [5, 5.41) is 11.0. The zero-order valence-corrected chi connectivity index (χ0v) is 33.7. The molecule has 0 saturated carbocycles. The van der Waals surface area contributed by atoms with Crippen molar-refractivity contribution in [3.8, 4) is 0 Å².